The zero-order chi connectivity index (χ0) is 20.4. The molecule has 0 heterocycles. The van der Waals surface area contributed by atoms with E-state index in [2.05, 4.69) is 16.0 Å². The van der Waals surface area contributed by atoms with Crippen LogP contribution in [0.3, 0.4) is 0 Å². The lowest BCUT2D eigenvalue weighted by Crippen LogP contribution is -2.55. The van der Waals surface area contributed by atoms with E-state index in [1.165, 1.54) is 6.92 Å². The molecule has 6 N–H and O–H groups in total. The van der Waals surface area contributed by atoms with Gasteiger partial charge in [-0.15, -0.1) is 0 Å². The smallest absolute Gasteiger partial charge is 0.325 e. The number of aliphatic carboxylic acids is 1. The van der Waals surface area contributed by atoms with Gasteiger partial charge in [0, 0.05) is 0 Å². The van der Waals surface area contributed by atoms with Crippen molar-refractivity contribution in [1.82, 2.24) is 16.0 Å². The molecule has 0 spiro atoms. The van der Waals surface area contributed by atoms with Crippen molar-refractivity contribution in [1.29, 1.82) is 0 Å². The van der Waals surface area contributed by atoms with Gasteiger partial charge in [-0.25, -0.2) is 0 Å². The average molecular weight is 372 g/mol. The van der Waals surface area contributed by atoms with Crippen LogP contribution in [0.4, 0.5) is 0 Å². The molecule has 0 fully saturated rings. The van der Waals surface area contributed by atoms with Gasteiger partial charge in [0.05, 0.1) is 12.6 Å². The van der Waals surface area contributed by atoms with Crippen LogP contribution in [0, 0.1) is 11.8 Å². The van der Waals surface area contributed by atoms with E-state index < -0.39 is 41.8 Å². The van der Waals surface area contributed by atoms with Gasteiger partial charge in [0.1, 0.15) is 12.1 Å². The van der Waals surface area contributed by atoms with Crippen LogP contribution in [-0.2, 0) is 19.2 Å². The first kappa shape index (κ1) is 23.8. The van der Waals surface area contributed by atoms with E-state index in [9.17, 15) is 19.2 Å². The Bertz CT molecular complexity index is 511. The molecule has 0 aromatic carbocycles. The van der Waals surface area contributed by atoms with Crippen LogP contribution < -0.4 is 21.7 Å². The van der Waals surface area contributed by atoms with Gasteiger partial charge < -0.3 is 26.8 Å². The minimum Gasteiger partial charge on any atom is -0.480 e. The van der Waals surface area contributed by atoms with E-state index in [-0.39, 0.29) is 18.4 Å². The van der Waals surface area contributed by atoms with Crippen molar-refractivity contribution in [2.45, 2.75) is 65.6 Å². The van der Waals surface area contributed by atoms with Crippen LogP contribution >= 0.6 is 0 Å². The van der Waals surface area contributed by atoms with Crippen molar-refractivity contribution in [3.63, 3.8) is 0 Å². The fraction of sp³-hybridized carbons (Fsp3) is 0.765. The van der Waals surface area contributed by atoms with Crippen molar-refractivity contribution in [3.8, 4) is 0 Å². The van der Waals surface area contributed by atoms with Crippen LogP contribution in [0.5, 0.6) is 0 Å². The summed E-state index contributed by atoms with van der Waals surface area (Å²) in [5.74, 6) is -2.95. The molecule has 0 aromatic heterocycles. The van der Waals surface area contributed by atoms with Crippen molar-refractivity contribution in [2.75, 3.05) is 6.54 Å². The lowest BCUT2D eigenvalue weighted by Gasteiger charge is -2.25. The molecule has 9 heteroatoms. The van der Waals surface area contributed by atoms with Gasteiger partial charge >= 0.3 is 5.97 Å². The minimum atomic E-state index is -1.17. The minimum absolute atomic E-state index is 0.0193. The molecule has 0 aliphatic heterocycles. The molecule has 0 saturated carbocycles. The van der Waals surface area contributed by atoms with Crippen LogP contribution in [0.25, 0.3) is 0 Å². The summed E-state index contributed by atoms with van der Waals surface area (Å²) in [5.41, 5.74) is 5.80. The molecular formula is C17H32N4O5. The fourth-order valence-electron chi connectivity index (χ4n) is 2.09. The zero-order valence-corrected chi connectivity index (χ0v) is 16.2. The Morgan fingerprint density at radius 2 is 1.46 bits per heavy atom. The summed E-state index contributed by atoms with van der Waals surface area (Å²) in [7, 11) is 0. The van der Waals surface area contributed by atoms with E-state index in [0.29, 0.717) is 6.42 Å². The van der Waals surface area contributed by atoms with E-state index >= 15 is 0 Å². The molecule has 5 atom stereocenters. The molecule has 26 heavy (non-hydrogen) atoms. The Morgan fingerprint density at radius 1 is 0.923 bits per heavy atom. The third-order valence-electron chi connectivity index (χ3n) is 4.52. The number of carbonyl (C=O) groups is 4. The molecule has 9 nitrogen and oxygen atoms in total. The van der Waals surface area contributed by atoms with Gasteiger partial charge in [-0.05, 0) is 18.8 Å². The number of carboxylic acid groups (broad SMARTS) is 1. The van der Waals surface area contributed by atoms with Crippen LogP contribution in [0.15, 0.2) is 0 Å². The lowest BCUT2D eigenvalue weighted by atomic mass is 9.98. The summed E-state index contributed by atoms with van der Waals surface area (Å²) in [6, 6.07) is -2.67. The molecule has 0 radical (unpaired) electrons. The molecule has 5 unspecified atom stereocenters. The van der Waals surface area contributed by atoms with Crippen LogP contribution in [-0.4, -0.2) is 53.5 Å². The first-order chi connectivity index (χ1) is 12.0. The van der Waals surface area contributed by atoms with Gasteiger partial charge in [-0.2, -0.15) is 0 Å². The number of amides is 3. The Hall–Kier alpha value is -2.16. The molecule has 0 aromatic rings. The Kier molecular flexibility index (Phi) is 10.5. The summed E-state index contributed by atoms with van der Waals surface area (Å²) in [4.78, 5) is 47.2. The number of hydrogen-bond donors (Lipinski definition) is 5. The molecule has 0 rings (SSSR count). The molecule has 3 amide bonds. The summed E-state index contributed by atoms with van der Waals surface area (Å²) >= 11 is 0. The maximum Gasteiger partial charge on any atom is 0.325 e. The van der Waals surface area contributed by atoms with Crippen LogP contribution in [0.2, 0.25) is 0 Å². The fourth-order valence-corrected chi connectivity index (χ4v) is 2.09. The first-order valence-corrected chi connectivity index (χ1v) is 8.90. The summed E-state index contributed by atoms with van der Waals surface area (Å²) in [5, 5.41) is 16.2. The summed E-state index contributed by atoms with van der Waals surface area (Å²) in [6.45, 7) is 8.41. The van der Waals surface area contributed by atoms with Crippen LogP contribution in [0.1, 0.15) is 47.5 Å². The zero-order valence-electron chi connectivity index (χ0n) is 16.2. The molecule has 0 saturated heterocycles. The van der Waals surface area contributed by atoms with Gasteiger partial charge in [0.15, 0.2) is 0 Å². The average Bonchev–Trinajstić information content (AvgIpc) is 2.61. The van der Waals surface area contributed by atoms with Gasteiger partial charge in [0.25, 0.3) is 0 Å². The number of carboxylic acids is 1. The standard InChI is InChI=1S/C17H32N4O5/c1-6-9(3)13(18)15(23)19-8-12(22)21-14(10(4)7-2)16(24)20-11(5)17(25)26/h9-11,13-14H,6-8,18H2,1-5H3,(H,19,23)(H,20,24)(H,21,22)(H,25,26). The third-order valence-corrected chi connectivity index (χ3v) is 4.52. The van der Waals surface area contributed by atoms with Crippen molar-refractivity contribution in [2.24, 2.45) is 17.6 Å². The first-order valence-electron chi connectivity index (χ1n) is 8.90. The molecule has 0 aliphatic rings. The Labute approximate surface area is 154 Å². The number of nitrogens with one attached hydrogen (secondary N) is 3. The predicted octanol–water partition coefficient (Wildman–Crippen LogP) is -0.404. The van der Waals surface area contributed by atoms with E-state index in [4.69, 9.17) is 10.8 Å². The van der Waals surface area contributed by atoms with Crippen molar-refractivity contribution in [3.05, 3.63) is 0 Å². The molecular weight excluding hydrogens is 340 g/mol. The largest absolute Gasteiger partial charge is 0.480 e. The van der Waals surface area contributed by atoms with Gasteiger partial charge in [-0.3, -0.25) is 19.2 Å². The molecule has 0 aliphatic carbocycles. The number of hydrogen-bond acceptors (Lipinski definition) is 5. The van der Waals surface area contributed by atoms with E-state index in [1.807, 2.05) is 20.8 Å². The van der Waals surface area contributed by atoms with Gasteiger partial charge in [-0.1, -0.05) is 40.5 Å². The highest BCUT2D eigenvalue weighted by atomic mass is 16.4. The highest BCUT2D eigenvalue weighted by Crippen LogP contribution is 2.08. The van der Waals surface area contributed by atoms with Crippen molar-refractivity contribution >= 4 is 23.7 Å². The maximum atomic E-state index is 12.3. The second-order valence-corrected chi connectivity index (χ2v) is 6.63. The monoisotopic (exact) mass is 372 g/mol. The Balaban J connectivity index is 4.77. The topological polar surface area (TPSA) is 151 Å². The maximum absolute atomic E-state index is 12.3. The SMILES string of the molecule is CCC(C)C(N)C(=O)NCC(=O)NC(C(=O)NC(C)C(=O)O)C(C)CC. The summed E-state index contributed by atoms with van der Waals surface area (Å²) in [6.07, 6.45) is 1.34. The lowest BCUT2D eigenvalue weighted by molar-refractivity contribution is -0.142. The Morgan fingerprint density at radius 3 is 1.92 bits per heavy atom. The molecule has 150 valence electrons. The highest BCUT2D eigenvalue weighted by molar-refractivity contribution is 5.92. The quantitative estimate of drug-likeness (QED) is 0.333. The highest BCUT2D eigenvalue weighted by Gasteiger charge is 2.28. The second kappa shape index (κ2) is 11.5. The van der Waals surface area contributed by atoms with Gasteiger partial charge in [0.2, 0.25) is 17.7 Å². The number of nitrogens with two attached hydrogens (primary N) is 1. The molecule has 0 bridgehead atoms. The summed E-state index contributed by atoms with van der Waals surface area (Å²) < 4.78 is 0. The number of carbonyl (C=O) groups excluding carboxylic acids is 3. The third kappa shape index (κ3) is 7.81. The normalized spacial score (nSPS) is 16.5. The van der Waals surface area contributed by atoms with Crippen molar-refractivity contribution < 1.29 is 24.3 Å². The van der Waals surface area contributed by atoms with E-state index in [0.717, 1.165) is 6.42 Å². The van der Waals surface area contributed by atoms with E-state index in [1.54, 1.807) is 6.92 Å². The predicted molar refractivity (Wildman–Crippen MR) is 97.1 cm³/mol. The number of rotatable bonds is 11. The second-order valence-electron chi connectivity index (χ2n) is 6.63.